The van der Waals surface area contributed by atoms with Gasteiger partial charge in [-0.1, -0.05) is 24.3 Å². The van der Waals surface area contributed by atoms with Crippen molar-refractivity contribution >= 4 is 10.9 Å². The minimum Gasteiger partial charge on any atom is -0.496 e. The van der Waals surface area contributed by atoms with Crippen molar-refractivity contribution in [1.29, 1.82) is 0 Å². The number of benzene rings is 2. The van der Waals surface area contributed by atoms with Gasteiger partial charge in [0.05, 0.1) is 7.11 Å². The minimum absolute atomic E-state index is 0.00652. The van der Waals surface area contributed by atoms with Crippen molar-refractivity contribution in [3.63, 3.8) is 0 Å². The van der Waals surface area contributed by atoms with Crippen LogP contribution in [0, 0.1) is 12.3 Å². The van der Waals surface area contributed by atoms with Gasteiger partial charge in [0.15, 0.2) is 0 Å². The van der Waals surface area contributed by atoms with Gasteiger partial charge in [-0.05, 0) is 72.7 Å². The highest BCUT2D eigenvalue weighted by atomic mass is 19.3. The number of ether oxygens (including phenoxy) is 1. The molecule has 5 nitrogen and oxygen atoms in total. The molecule has 2 aliphatic rings. The molecule has 1 spiro atoms. The molecule has 4 aromatic rings. The quantitative estimate of drug-likeness (QED) is 0.323. The number of fused-ring (bicyclic) bond motifs is 1. The summed E-state index contributed by atoms with van der Waals surface area (Å²) in [6.45, 7) is 3.47. The largest absolute Gasteiger partial charge is 0.496 e. The van der Waals surface area contributed by atoms with Crippen LogP contribution in [0.4, 0.5) is 8.78 Å². The molecule has 0 radical (unpaired) electrons. The van der Waals surface area contributed by atoms with Crippen molar-refractivity contribution in [3.8, 4) is 16.9 Å². The number of H-pyrrole nitrogens is 2. The first kappa shape index (κ1) is 23.9. The maximum Gasteiger partial charge on any atom is 0.255 e. The van der Waals surface area contributed by atoms with Crippen LogP contribution in [0.5, 0.6) is 5.75 Å². The second-order valence-electron chi connectivity index (χ2n) is 10.8. The molecule has 0 amide bonds. The summed E-state index contributed by atoms with van der Waals surface area (Å²) in [6, 6.07) is 15.8. The van der Waals surface area contributed by atoms with E-state index in [1.807, 2.05) is 36.5 Å². The highest BCUT2D eigenvalue weighted by Crippen LogP contribution is 2.60. The highest BCUT2D eigenvalue weighted by Gasteiger charge is 2.58. The Balaban J connectivity index is 1.36. The summed E-state index contributed by atoms with van der Waals surface area (Å²) in [4.78, 5) is 20.7. The number of aromatic nitrogens is 2. The summed E-state index contributed by atoms with van der Waals surface area (Å²) in [5.41, 5.74) is 5.41. The molecule has 1 aliphatic carbocycles. The Kier molecular flexibility index (Phi) is 5.71. The Bertz CT molecular complexity index is 1500. The number of piperidine rings is 1. The molecule has 1 unspecified atom stereocenters. The van der Waals surface area contributed by atoms with Gasteiger partial charge in [-0.25, -0.2) is 8.78 Å². The van der Waals surface area contributed by atoms with E-state index in [4.69, 9.17) is 4.74 Å². The zero-order valence-corrected chi connectivity index (χ0v) is 21.1. The molecule has 6 rings (SSSR count). The van der Waals surface area contributed by atoms with Crippen LogP contribution in [-0.4, -0.2) is 34.4 Å². The van der Waals surface area contributed by atoms with Crippen molar-refractivity contribution in [1.82, 2.24) is 14.9 Å². The van der Waals surface area contributed by atoms with E-state index in [0.29, 0.717) is 18.5 Å². The van der Waals surface area contributed by atoms with Gasteiger partial charge in [0, 0.05) is 59.9 Å². The van der Waals surface area contributed by atoms with Crippen LogP contribution in [0.3, 0.4) is 0 Å². The van der Waals surface area contributed by atoms with Crippen molar-refractivity contribution in [2.75, 3.05) is 13.7 Å². The van der Waals surface area contributed by atoms with Crippen LogP contribution in [0.2, 0.25) is 0 Å². The summed E-state index contributed by atoms with van der Waals surface area (Å²) in [5.74, 6) is -1.71. The van der Waals surface area contributed by atoms with Gasteiger partial charge in [0.25, 0.3) is 5.56 Å². The van der Waals surface area contributed by atoms with Crippen molar-refractivity contribution in [2.24, 2.45) is 5.41 Å². The van der Waals surface area contributed by atoms with Crippen molar-refractivity contribution in [2.45, 2.75) is 51.1 Å². The molecule has 2 fully saturated rings. The number of pyridine rings is 1. The molecule has 1 saturated carbocycles. The Labute approximate surface area is 214 Å². The Morgan fingerprint density at radius 3 is 2.57 bits per heavy atom. The molecule has 2 aromatic carbocycles. The Morgan fingerprint density at radius 1 is 1.08 bits per heavy atom. The summed E-state index contributed by atoms with van der Waals surface area (Å²) in [6.07, 6.45) is 4.97. The first-order chi connectivity index (χ1) is 17.8. The van der Waals surface area contributed by atoms with Crippen LogP contribution in [0.25, 0.3) is 22.0 Å². The third-order valence-corrected chi connectivity index (χ3v) is 8.38. The normalized spacial score (nSPS) is 20.7. The number of methoxy groups -OCH3 is 1. The molecule has 2 aromatic heterocycles. The maximum atomic E-state index is 14.0. The van der Waals surface area contributed by atoms with Gasteiger partial charge in [-0.15, -0.1) is 0 Å². The summed E-state index contributed by atoms with van der Waals surface area (Å²) >= 11 is 0. The first-order valence-electron chi connectivity index (χ1n) is 12.8. The molecule has 1 aliphatic heterocycles. The summed E-state index contributed by atoms with van der Waals surface area (Å²) in [7, 11) is 1.69. The zero-order valence-electron chi connectivity index (χ0n) is 21.1. The third kappa shape index (κ3) is 4.25. The second-order valence-corrected chi connectivity index (χ2v) is 10.8. The molecule has 7 heteroatoms. The van der Waals surface area contributed by atoms with E-state index in [2.05, 4.69) is 33.9 Å². The average Bonchev–Trinajstić information content (AvgIpc) is 3.37. The molecule has 1 saturated heterocycles. The second kappa shape index (κ2) is 8.84. The molecular formula is C30H31F2N3O2. The number of hydrogen-bond acceptors (Lipinski definition) is 3. The van der Waals surface area contributed by atoms with E-state index in [0.717, 1.165) is 51.9 Å². The van der Waals surface area contributed by atoms with E-state index in [1.165, 1.54) is 0 Å². The van der Waals surface area contributed by atoms with Gasteiger partial charge >= 0.3 is 0 Å². The number of halogens is 2. The highest BCUT2D eigenvalue weighted by molar-refractivity contribution is 5.88. The van der Waals surface area contributed by atoms with Gasteiger partial charge in [-0.2, -0.15) is 0 Å². The van der Waals surface area contributed by atoms with Crippen LogP contribution in [0.15, 0.2) is 65.7 Å². The topological polar surface area (TPSA) is 61.1 Å². The number of likely N-dealkylation sites (tertiary alicyclic amines) is 1. The lowest BCUT2D eigenvalue weighted by atomic mass is 9.59. The van der Waals surface area contributed by atoms with Crippen LogP contribution in [0.1, 0.15) is 48.4 Å². The fourth-order valence-corrected chi connectivity index (χ4v) is 6.58. The number of nitrogens with one attached hydrogen (secondary N) is 2. The van der Waals surface area contributed by atoms with Crippen LogP contribution < -0.4 is 10.3 Å². The summed E-state index contributed by atoms with van der Waals surface area (Å²) in [5, 5.41) is 1.13. The molecular weight excluding hydrogens is 472 g/mol. The fraction of sp³-hybridized carbons (Fsp3) is 0.367. The number of alkyl halides is 2. The lowest BCUT2D eigenvalue weighted by Crippen LogP contribution is -2.53. The maximum absolute atomic E-state index is 14.0. The number of aromatic amines is 2. The van der Waals surface area contributed by atoms with Crippen molar-refractivity contribution < 1.29 is 13.5 Å². The SMILES string of the molecule is COc1cc(C)c2[nH]ccc2c1CN1CCC2(CC1c1ccc(-c3ccc[nH]c3=O)cc1)CC(F)(F)C2. The minimum atomic E-state index is -2.55. The average molecular weight is 504 g/mol. The molecule has 3 heterocycles. The van der Waals surface area contributed by atoms with Crippen molar-refractivity contribution in [3.05, 3.63) is 88.0 Å². The van der Waals surface area contributed by atoms with Crippen LogP contribution >= 0.6 is 0 Å². The lowest BCUT2D eigenvalue weighted by molar-refractivity contribution is -0.186. The predicted molar refractivity (Wildman–Crippen MR) is 141 cm³/mol. The van der Waals surface area contributed by atoms with E-state index < -0.39 is 5.92 Å². The smallest absolute Gasteiger partial charge is 0.255 e. The summed E-state index contributed by atoms with van der Waals surface area (Å²) < 4.78 is 33.8. The van der Waals surface area contributed by atoms with Gasteiger partial charge in [-0.3, -0.25) is 9.69 Å². The number of rotatable bonds is 5. The number of aryl methyl sites for hydroxylation is 1. The number of nitrogens with zero attached hydrogens (tertiary/aromatic N) is 1. The van der Waals surface area contributed by atoms with E-state index >= 15 is 0 Å². The van der Waals surface area contributed by atoms with E-state index in [-0.39, 0.29) is 29.9 Å². The zero-order chi connectivity index (χ0) is 25.8. The van der Waals surface area contributed by atoms with Gasteiger partial charge in [0.1, 0.15) is 5.75 Å². The first-order valence-corrected chi connectivity index (χ1v) is 12.8. The molecule has 2 N–H and O–H groups in total. The van der Waals surface area contributed by atoms with Gasteiger partial charge < -0.3 is 14.7 Å². The standard InChI is InChI=1S/C30H31F2N3O2/c1-19-14-26(37-2)24(23-9-12-33-27(19)23)16-35-13-10-29(17-30(31,32)18-29)15-25(35)21-7-5-20(6-8-21)22-4-3-11-34-28(22)36/h3-9,11-12,14,25,33H,10,13,15-18H2,1-2H3,(H,34,36). The van der Waals surface area contributed by atoms with Gasteiger partial charge in [0.2, 0.25) is 5.92 Å². The molecule has 0 bridgehead atoms. The molecule has 1 atom stereocenters. The van der Waals surface area contributed by atoms with E-state index in [9.17, 15) is 13.6 Å². The Morgan fingerprint density at radius 2 is 1.86 bits per heavy atom. The molecule has 192 valence electrons. The van der Waals surface area contributed by atoms with Crippen LogP contribution in [-0.2, 0) is 6.54 Å². The fourth-order valence-electron chi connectivity index (χ4n) is 6.58. The lowest BCUT2D eigenvalue weighted by Gasteiger charge is -2.54. The van der Waals surface area contributed by atoms with E-state index in [1.54, 1.807) is 19.4 Å². The number of hydrogen-bond donors (Lipinski definition) is 2. The Hall–Kier alpha value is -3.45. The molecule has 37 heavy (non-hydrogen) atoms. The third-order valence-electron chi connectivity index (χ3n) is 8.38. The predicted octanol–water partition coefficient (Wildman–Crippen LogP) is 6.59. The monoisotopic (exact) mass is 503 g/mol.